The molecule has 0 spiro atoms. The number of benzene rings is 1. The fourth-order valence-electron chi connectivity index (χ4n) is 1.59. The van der Waals surface area contributed by atoms with Gasteiger partial charge in [-0.2, -0.15) is 0 Å². The van der Waals surface area contributed by atoms with E-state index >= 15 is 0 Å². The smallest absolute Gasteiger partial charge is 0.253 e. The van der Waals surface area contributed by atoms with E-state index in [4.69, 9.17) is 16.3 Å². The van der Waals surface area contributed by atoms with E-state index in [1.807, 2.05) is 0 Å². The number of amides is 1. The largest absolute Gasteiger partial charge is 0.508 e. The number of halogens is 1. The van der Waals surface area contributed by atoms with Gasteiger partial charge in [0.1, 0.15) is 5.75 Å². The molecule has 4 nitrogen and oxygen atoms in total. The molecular weight excluding hydrogens is 254 g/mol. The summed E-state index contributed by atoms with van der Waals surface area (Å²) in [6.07, 6.45) is 0. The van der Waals surface area contributed by atoms with E-state index in [-0.39, 0.29) is 11.7 Å². The second-order valence-corrected chi connectivity index (χ2v) is 4.35. The number of hydrogen-bond acceptors (Lipinski definition) is 3. The van der Waals surface area contributed by atoms with Crippen molar-refractivity contribution in [3.63, 3.8) is 0 Å². The summed E-state index contributed by atoms with van der Waals surface area (Å²) in [5, 5.41) is 9.44. The number of methoxy groups -OCH3 is 1. The number of aromatic hydroxyl groups is 1. The van der Waals surface area contributed by atoms with Crippen LogP contribution in [-0.2, 0) is 4.74 Å². The number of hydrogen-bond donors (Lipinski definition) is 1. The number of carbonyl (C=O) groups is 1. The maximum absolute atomic E-state index is 12.2. The van der Waals surface area contributed by atoms with Crippen LogP contribution in [-0.4, -0.2) is 48.6 Å². The molecule has 0 aliphatic carbocycles. The highest BCUT2D eigenvalue weighted by atomic mass is 35.5. The van der Waals surface area contributed by atoms with E-state index < -0.39 is 0 Å². The number of ether oxygens (including phenoxy) is 1. The third-order valence-electron chi connectivity index (χ3n) is 2.65. The molecule has 0 fully saturated rings. The lowest BCUT2D eigenvalue weighted by Crippen LogP contribution is -2.35. The zero-order valence-corrected chi connectivity index (χ0v) is 11.4. The fraction of sp³-hybridized carbons (Fsp3) is 0.462. The summed E-state index contributed by atoms with van der Waals surface area (Å²) in [4.78, 5) is 13.9. The molecule has 0 saturated heterocycles. The first-order valence-electron chi connectivity index (χ1n) is 5.74. The van der Waals surface area contributed by atoms with Gasteiger partial charge in [-0.25, -0.2) is 0 Å². The number of carbonyl (C=O) groups excluding carboxylic acids is 1. The van der Waals surface area contributed by atoms with Gasteiger partial charge in [0.05, 0.1) is 6.61 Å². The molecule has 1 N–H and O–H groups in total. The van der Waals surface area contributed by atoms with Crippen molar-refractivity contribution in [3.05, 3.63) is 29.3 Å². The Labute approximate surface area is 112 Å². The molecule has 0 bridgehead atoms. The molecular formula is C13H18ClNO3. The highest BCUT2D eigenvalue weighted by molar-refractivity contribution is 6.18. The summed E-state index contributed by atoms with van der Waals surface area (Å²) in [5.74, 6) is 0.468. The van der Waals surface area contributed by atoms with Crippen LogP contribution in [0.4, 0.5) is 0 Å². The van der Waals surface area contributed by atoms with Gasteiger partial charge in [0.2, 0.25) is 0 Å². The van der Waals surface area contributed by atoms with Crippen LogP contribution < -0.4 is 0 Å². The van der Waals surface area contributed by atoms with Crippen molar-refractivity contribution in [2.24, 2.45) is 0 Å². The summed E-state index contributed by atoms with van der Waals surface area (Å²) < 4.78 is 4.97. The van der Waals surface area contributed by atoms with E-state index in [0.29, 0.717) is 36.7 Å². The number of aryl methyl sites for hydroxylation is 1. The maximum Gasteiger partial charge on any atom is 0.253 e. The molecule has 0 aromatic heterocycles. The van der Waals surface area contributed by atoms with E-state index in [0.717, 1.165) is 0 Å². The van der Waals surface area contributed by atoms with Crippen LogP contribution in [0.5, 0.6) is 5.75 Å². The first-order valence-corrected chi connectivity index (χ1v) is 6.27. The molecule has 5 heteroatoms. The summed E-state index contributed by atoms with van der Waals surface area (Å²) >= 11 is 5.69. The van der Waals surface area contributed by atoms with Gasteiger partial charge >= 0.3 is 0 Å². The lowest BCUT2D eigenvalue weighted by atomic mass is 10.1. The third-order valence-corrected chi connectivity index (χ3v) is 2.82. The second kappa shape index (κ2) is 7.24. The van der Waals surface area contributed by atoms with Crippen molar-refractivity contribution < 1.29 is 14.6 Å². The van der Waals surface area contributed by atoms with Crippen LogP contribution in [0.15, 0.2) is 18.2 Å². The van der Waals surface area contributed by atoms with Crippen molar-refractivity contribution >= 4 is 17.5 Å². The van der Waals surface area contributed by atoms with Gasteiger partial charge in [-0.3, -0.25) is 4.79 Å². The van der Waals surface area contributed by atoms with Crippen molar-refractivity contribution in [2.75, 3.05) is 32.7 Å². The quantitative estimate of drug-likeness (QED) is 0.806. The number of nitrogens with zero attached hydrogens (tertiary/aromatic N) is 1. The molecule has 0 heterocycles. The van der Waals surface area contributed by atoms with Gasteiger partial charge in [0, 0.05) is 31.6 Å². The molecule has 0 aliphatic heterocycles. The Morgan fingerprint density at radius 2 is 2.17 bits per heavy atom. The molecule has 0 atom stereocenters. The molecule has 0 radical (unpaired) electrons. The molecule has 1 aromatic carbocycles. The van der Waals surface area contributed by atoms with Crippen LogP contribution in [0, 0.1) is 6.92 Å². The predicted molar refractivity (Wildman–Crippen MR) is 71.3 cm³/mol. The van der Waals surface area contributed by atoms with Crippen molar-refractivity contribution in [3.8, 4) is 5.75 Å². The number of phenolic OH excluding ortho intramolecular Hbond substituents is 1. The highest BCUT2D eigenvalue weighted by Crippen LogP contribution is 2.18. The van der Waals surface area contributed by atoms with Crippen LogP contribution in [0.2, 0.25) is 0 Å². The molecule has 1 aromatic rings. The Kier molecular flexibility index (Phi) is 5.95. The van der Waals surface area contributed by atoms with Gasteiger partial charge in [-0.05, 0) is 30.7 Å². The first kappa shape index (κ1) is 14.8. The average molecular weight is 272 g/mol. The molecule has 0 saturated carbocycles. The minimum Gasteiger partial charge on any atom is -0.508 e. The molecule has 0 unspecified atom stereocenters. The van der Waals surface area contributed by atoms with E-state index in [2.05, 4.69) is 0 Å². The minimum atomic E-state index is -0.101. The number of phenols is 1. The van der Waals surface area contributed by atoms with Crippen molar-refractivity contribution in [1.82, 2.24) is 4.90 Å². The maximum atomic E-state index is 12.2. The summed E-state index contributed by atoms with van der Waals surface area (Å²) in [5.41, 5.74) is 1.23. The second-order valence-electron chi connectivity index (χ2n) is 3.98. The Morgan fingerprint density at radius 1 is 1.44 bits per heavy atom. The topological polar surface area (TPSA) is 49.8 Å². The Balaban J connectivity index is 2.83. The van der Waals surface area contributed by atoms with E-state index in [1.165, 1.54) is 6.07 Å². The first-order chi connectivity index (χ1) is 8.60. The molecule has 1 rings (SSSR count). The lowest BCUT2D eigenvalue weighted by molar-refractivity contribution is 0.0707. The minimum absolute atomic E-state index is 0.101. The number of alkyl halides is 1. The Hall–Kier alpha value is -1.26. The zero-order chi connectivity index (χ0) is 13.5. The summed E-state index contributed by atoms with van der Waals surface area (Å²) in [6, 6.07) is 4.81. The predicted octanol–water partition coefficient (Wildman–Crippen LogP) is 2.03. The molecule has 18 heavy (non-hydrogen) atoms. The van der Waals surface area contributed by atoms with Gasteiger partial charge in [-0.1, -0.05) is 0 Å². The van der Waals surface area contributed by atoms with Gasteiger partial charge in [0.25, 0.3) is 5.91 Å². The van der Waals surface area contributed by atoms with Gasteiger partial charge in [-0.15, -0.1) is 11.6 Å². The molecule has 1 amide bonds. The fourth-order valence-corrected chi connectivity index (χ4v) is 1.79. The van der Waals surface area contributed by atoms with Crippen LogP contribution >= 0.6 is 11.6 Å². The summed E-state index contributed by atoms with van der Waals surface area (Å²) in [6.45, 7) is 3.21. The SMILES string of the molecule is COCCN(CCCl)C(=O)c1ccc(O)c(C)c1. The Bertz CT molecular complexity index is 409. The van der Waals surface area contributed by atoms with Gasteiger partial charge in [0.15, 0.2) is 0 Å². The van der Waals surface area contributed by atoms with E-state index in [9.17, 15) is 9.90 Å². The van der Waals surface area contributed by atoms with Gasteiger partial charge < -0.3 is 14.7 Å². The van der Waals surface area contributed by atoms with Crippen LogP contribution in [0.3, 0.4) is 0 Å². The third kappa shape index (κ3) is 3.89. The van der Waals surface area contributed by atoms with Crippen molar-refractivity contribution in [2.45, 2.75) is 6.92 Å². The highest BCUT2D eigenvalue weighted by Gasteiger charge is 2.15. The average Bonchev–Trinajstić information content (AvgIpc) is 2.37. The molecule has 0 aliphatic rings. The number of rotatable bonds is 6. The lowest BCUT2D eigenvalue weighted by Gasteiger charge is -2.21. The normalized spacial score (nSPS) is 10.4. The zero-order valence-electron chi connectivity index (χ0n) is 10.6. The Morgan fingerprint density at radius 3 is 2.72 bits per heavy atom. The molecule has 100 valence electrons. The monoisotopic (exact) mass is 271 g/mol. The summed E-state index contributed by atoms with van der Waals surface area (Å²) in [7, 11) is 1.59. The van der Waals surface area contributed by atoms with Crippen LogP contribution in [0.1, 0.15) is 15.9 Å². The standard InChI is InChI=1S/C13H18ClNO3/c1-10-9-11(3-4-12(10)16)13(17)15(6-5-14)7-8-18-2/h3-4,9,16H,5-8H2,1-2H3. The van der Waals surface area contributed by atoms with Crippen LogP contribution in [0.25, 0.3) is 0 Å². The van der Waals surface area contributed by atoms with E-state index in [1.54, 1.807) is 31.1 Å². The van der Waals surface area contributed by atoms with Crippen molar-refractivity contribution in [1.29, 1.82) is 0 Å².